The fourth-order valence-corrected chi connectivity index (χ4v) is 2.88. The molecule has 3 N–H and O–H groups in total. The van der Waals surface area contributed by atoms with Crippen molar-refractivity contribution in [3.63, 3.8) is 0 Å². The molecule has 1 saturated heterocycles. The van der Waals surface area contributed by atoms with E-state index in [-0.39, 0.29) is 19.0 Å². The summed E-state index contributed by atoms with van der Waals surface area (Å²) in [6.07, 6.45) is 2.63. The smallest absolute Gasteiger partial charge is 0.407 e. The van der Waals surface area contributed by atoms with E-state index in [1.165, 1.54) is 4.90 Å². The second kappa shape index (κ2) is 10.6. The van der Waals surface area contributed by atoms with Gasteiger partial charge in [0.2, 0.25) is 5.91 Å². The van der Waals surface area contributed by atoms with Crippen molar-refractivity contribution in [1.29, 1.82) is 0 Å². The van der Waals surface area contributed by atoms with Gasteiger partial charge < -0.3 is 15.0 Å². The number of carbonyl (C=O) groups is 4. The maximum Gasteiger partial charge on any atom is 0.407 e. The molecular weight excluding hydrogens is 388 g/mol. The minimum Gasteiger partial charge on any atom is -0.444 e. The standard InChI is InChI=1S/C21H30N4O5/c1-21(2,3)30-20(29)22-13-15-8-10-16(11-9-15)19(28)24-23-17(26)14-25-12-6-4-5-7-18(25)27/h8-11H,4-7,12-14H2,1-3H3,(H,22,29)(H,23,26)(H,24,28). The first-order valence-electron chi connectivity index (χ1n) is 10.1. The van der Waals surface area contributed by atoms with E-state index in [4.69, 9.17) is 4.74 Å². The number of likely N-dealkylation sites (tertiary alicyclic amines) is 1. The Bertz CT molecular complexity index is 771. The molecular formula is C21H30N4O5. The second-order valence-electron chi connectivity index (χ2n) is 8.18. The number of nitrogens with zero attached hydrogens (tertiary/aromatic N) is 1. The van der Waals surface area contributed by atoms with Crippen LogP contribution in [0.4, 0.5) is 4.79 Å². The molecule has 1 aliphatic heterocycles. The molecule has 0 bridgehead atoms. The summed E-state index contributed by atoms with van der Waals surface area (Å²) in [5.41, 5.74) is 5.26. The van der Waals surface area contributed by atoms with E-state index in [0.29, 0.717) is 18.5 Å². The highest BCUT2D eigenvalue weighted by Gasteiger charge is 2.19. The molecule has 164 valence electrons. The molecule has 30 heavy (non-hydrogen) atoms. The summed E-state index contributed by atoms with van der Waals surface area (Å²) < 4.78 is 5.16. The summed E-state index contributed by atoms with van der Waals surface area (Å²) in [7, 11) is 0. The number of nitrogens with one attached hydrogen (secondary N) is 3. The van der Waals surface area contributed by atoms with Gasteiger partial charge in [-0.25, -0.2) is 4.79 Å². The first-order chi connectivity index (χ1) is 14.1. The average molecular weight is 418 g/mol. The Labute approximate surface area is 176 Å². The third-order valence-electron chi connectivity index (χ3n) is 4.37. The number of carbonyl (C=O) groups excluding carboxylic acids is 4. The largest absolute Gasteiger partial charge is 0.444 e. The lowest BCUT2D eigenvalue weighted by Crippen LogP contribution is -2.47. The molecule has 4 amide bonds. The molecule has 0 aromatic heterocycles. The second-order valence-corrected chi connectivity index (χ2v) is 8.18. The fourth-order valence-electron chi connectivity index (χ4n) is 2.88. The number of hydrogen-bond donors (Lipinski definition) is 3. The molecule has 0 atom stereocenters. The van der Waals surface area contributed by atoms with Gasteiger partial charge in [-0.1, -0.05) is 18.6 Å². The molecule has 1 aliphatic rings. The van der Waals surface area contributed by atoms with Crippen LogP contribution < -0.4 is 16.2 Å². The molecule has 0 aliphatic carbocycles. The van der Waals surface area contributed by atoms with Crippen molar-refractivity contribution in [2.24, 2.45) is 0 Å². The first-order valence-corrected chi connectivity index (χ1v) is 10.1. The zero-order valence-electron chi connectivity index (χ0n) is 17.7. The third-order valence-corrected chi connectivity index (χ3v) is 4.37. The zero-order valence-corrected chi connectivity index (χ0v) is 17.7. The van der Waals surface area contributed by atoms with Gasteiger partial charge in [0.05, 0.1) is 0 Å². The Morgan fingerprint density at radius 3 is 2.40 bits per heavy atom. The molecule has 0 spiro atoms. The summed E-state index contributed by atoms with van der Waals surface area (Å²) in [4.78, 5) is 49.4. The molecule has 1 aromatic carbocycles. The number of benzene rings is 1. The van der Waals surface area contributed by atoms with E-state index in [2.05, 4.69) is 16.2 Å². The highest BCUT2D eigenvalue weighted by molar-refractivity contribution is 5.95. The van der Waals surface area contributed by atoms with E-state index >= 15 is 0 Å². The Morgan fingerprint density at radius 1 is 1.03 bits per heavy atom. The van der Waals surface area contributed by atoms with Crippen molar-refractivity contribution in [3.05, 3.63) is 35.4 Å². The molecule has 2 rings (SSSR count). The predicted octanol–water partition coefficient (Wildman–Crippen LogP) is 1.87. The van der Waals surface area contributed by atoms with Crippen LogP contribution in [-0.4, -0.2) is 47.4 Å². The zero-order chi connectivity index (χ0) is 22.1. The maximum absolute atomic E-state index is 12.2. The lowest BCUT2D eigenvalue weighted by atomic mass is 10.1. The number of ether oxygens (including phenoxy) is 1. The van der Waals surface area contributed by atoms with Crippen LogP contribution in [0.5, 0.6) is 0 Å². The Hall–Kier alpha value is -3.10. The van der Waals surface area contributed by atoms with Crippen LogP contribution in [0.2, 0.25) is 0 Å². The van der Waals surface area contributed by atoms with Crippen LogP contribution in [-0.2, 0) is 20.9 Å². The minimum absolute atomic E-state index is 0.0374. The monoisotopic (exact) mass is 418 g/mol. The van der Waals surface area contributed by atoms with E-state index in [9.17, 15) is 19.2 Å². The van der Waals surface area contributed by atoms with Crippen molar-refractivity contribution < 1.29 is 23.9 Å². The quantitative estimate of drug-likeness (QED) is 0.631. The normalized spacial score (nSPS) is 14.5. The van der Waals surface area contributed by atoms with Crippen molar-refractivity contribution in [2.45, 2.75) is 58.6 Å². The van der Waals surface area contributed by atoms with E-state index in [0.717, 1.165) is 24.8 Å². The summed E-state index contributed by atoms with van der Waals surface area (Å²) >= 11 is 0. The van der Waals surface area contributed by atoms with Gasteiger partial charge in [-0.15, -0.1) is 0 Å². The van der Waals surface area contributed by atoms with Gasteiger partial charge >= 0.3 is 6.09 Å². The average Bonchev–Trinajstić information content (AvgIpc) is 2.88. The van der Waals surface area contributed by atoms with Gasteiger partial charge in [-0.2, -0.15) is 0 Å². The third kappa shape index (κ3) is 8.10. The Balaban J connectivity index is 1.76. The summed E-state index contributed by atoms with van der Waals surface area (Å²) in [5, 5.41) is 2.64. The van der Waals surface area contributed by atoms with Gasteiger partial charge in [0, 0.05) is 25.1 Å². The van der Waals surface area contributed by atoms with Crippen LogP contribution in [0.25, 0.3) is 0 Å². The first kappa shape index (κ1) is 23.2. The van der Waals surface area contributed by atoms with Crippen LogP contribution >= 0.6 is 0 Å². The number of hydrazine groups is 1. The van der Waals surface area contributed by atoms with Crippen molar-refractivity contribution in [1.82, 2.24) is 21.1 Å². The van der Waals surface area contributed by atoms with Crippen LogP contribution in [0.3, 0.4) is 0 Å². The van der Waals surface area contributed by atoms with E-state index < -0.39 is 23.5 Å². The molecule has 0 unspecified atom stereocenters. The number of rotatable bonds is 5. The molecule has 9 heteroatoms. The van der Waals surface area contributed by atoms with E-state index in [1.807, 2.05) is 0 Å². The summed E-state index contributed by atoms with van der Waals surface area (Å²) in [6.45, 7) is 6.09. The van der Waals surface area contributed by atoms with Gasteiger partial charge in [-0.3, -0.25) is 25.2 Å². The molecule has 1 heterocycles. The van der Waals surface area contributed by atoms with Crippen LogP contribution in [0.15, 0.2) is 24.3 Å². The Morgan fingerprint density at radius 2 is 1.73 bits per heavy atom. The molecule has 9 nitrogen and oxygen atoms in total. The van der Waals surface area contributed by atoms with Crippen molar-refractivity contribution in [3.8, 4) is 0 Å². The van der Waals surface area contributed by atoms with Crippen molar-refractivity contribution >= 4 is 23.8 Å². The molecule has 1 aromatic rings. The van der Waals surface area contributed by atoms with E-state index in [1.54, 1.807) is 45.0 Å². The van der Waals surface area contributed by atoms with Gasteiger partial charge in [0.1, 0.15) is 12.1 Å². The van der Waals surface area contributed by atoms with Crippen LogP contribution in [0.1, 0.15) is 62.4 Å². The molecule has 0 saturated carbocycles. The lowest BCUT2D eigenvalue weighted by molar-refractivity contribution is -0.135. The number of amides is 4. The predicted molar refractivity (Wildman–Crippen MR) is 110 cm³/mol. The molecule has 0 radical (unpaired) electrons. The number of alkyl carbamates (subject to hydrolysis) is 1. The van der Waals surface area contributed by atoms with Crippen LogP contribution in [0, 0.1) is 0 Å². The topological polar surface area (TPSA) is 117 Å². The van der Waals surface area contributed by atoms with Crippen molar-refractivity contribution in [2.75, 3.05) is 13.1 Å². The Kier molecular flexibility index (Phi) is 8.20. The fraction of sp³-hybridized carbons (Fsp3) is 0.524. The minimum atomic E-state index is -0.572. The van der Waals surface area contributed by atoms with Gasteiger partial charge in [0.25, 0.3) is 11.8 Å². The summed E-state index contributed by atoms with van der Waals surface area (Å²) in [5.74, 6) is -0.960. The summed E-state index contributed by atoms with van der Waals surface area (Å²) in [6, 6.07) is 6.58. The maximum atomic E-state index is 12.2. The van der Waals surface area contributed by atoms with Gasteiger partial charge in [-0.05, 0) is 51.3 Å². The highest BCUT2D eigenvalue weighted by Crippen LogP contribution is 2.11. The van der Waals surface area contributed by atoms with Gasteiger partial charge in [0.15, 0.2) is 0 Å². The highest BCUT2D eigenvalue weighted by atomic mass is 16.6. The number of hydrogen-bond acceptors (Lipinski definition) is 5. The molecule has 1 fully saturated rings. The lowest BCUT2D eigenvalue weighted by Gasteiger charge is -2.20. The SMILES string of the molecule is CC(C)(C)OC(=O)NCc1ccc(C(=O)NNC(=O)CN2CCCCCC2=O)cc1.